The summed E-state index contributed by atoms with van der Waals surface area (Å²) in [5.41, 5.74) is 5.65. The van der Waals surface area contributed by atoms with E-state index in [0.717, 1.165) is 0 Å². The molecule has 0 aliphatic carbocycles. The van der Waals surface area contributed by atoms with Crippen LogP contribution in [0.15, 0.2) is 12.4 Å². The fourth-order valence-corrected chi connectivity index (χ4v) is 1.45. The zero-order valence-electron chi connectivity index (χ0n) is 11.1. The number of aliphatic carboxylic acids is 1. The van der Waals surface area contributed by atoms with E-state index in [1.165, 1.54) is 17.1 Å². The number of hydrogen-bond donors (Lipinski definition) is 3. The number of carbonyl (C=O) groups is 3. The van der Waals surface area contributed by atoms with Crippen molar-refractivity contribution >= 4 is 17.8 Å². The van der Waals surface area contributed by atoms with Crippen LogP contribution < -0.4 is 11.1 Å². The third-order valence-electron chi connectivity index (χ3n) is 2.41. The van der Waals surface area contributed by atoms with E-state index in [2.05, 4.69) is 15.2 Å². The minimum absolute atomic E-state index is 0.0742. The van der Waals surface area contributed by atoms with E-state index < -0.39 is 29.9 Å². The molecule has 0 radical (unpaired) electrons. The Balaban J connectivity index is 2.79. The molecule has 2 unspecified atom stereocenters. The minimum atomic E-state index is -1.58. The van der Waals surface area contributed by atoms with Gasteiger partial charge < -0.3 is 20.9 Å². The summed E-state index contributed by atoms with van der Waals surface area (Å²) in [6, 6.07) is -2.91. The second-order valence-electron chi connectivity index (χ2n) is 3.96. The molecule has 9 nitrogen and oxygen atoms in total. The lowest BCUT2D eigenvalue weighted by molar-refractivity contribution is -0.150. The van der Waals surface area contributed by atoms with Crippen LogP contribution in [0.25, 0.3) is 0 Å². The van der Waals surface area contributed by atoms with Crippen LogP contribution in [0, 0.1) is 0 Å². The van der Waals surface area contributed by atoms with Gasteiger partial charge >= 0.3 is 11.9 Å². The summed E-state index contributed by atoms with van der Waals surface area (Å²) in [7, 11) is 1.61. The van der Waals surface area contributed by atoms with Gasteiger partial charge in [0.1, 0.15) is 0 Å². The Kier molecular flexibility index (Phi) is 5.21. The van der Waals surface area contributed by atoms with Crippen molar-refractivity contribution in [3.63, 3.8) is 0 Å². The topological polar surface area (TPSA) is 137 Å². The summed E-state index contributed by atoms with van der Waals surface area (Å²) in [5.74, 6) is -3.14. The van der Waals surface area contributed by atoms with Gasteiger partial charge in [-0.25, -0.2) is 9.59 Å². The van der Waals surface area contributed by atoms with E-state index >= 15 is 0 Å². The first-order valence-electron chi connectivity index (χ1n) is 5.80. The van der Waals surface area contributed by atoms with Crippen molar-refractivity contribution in [2.45, 2.75) is 19.0 Å². The van der Waals surface area contributed by atoms with Gasteiger partial charge in [-0.1, -0.05) is 0 Å². The predicted octanol–water partition coefficient (Wildman–Crippen LogP) is -1.45. The minimum Gasteiger partial charge on any atom is -0.479 e. The van der Waals surface area contributed by atoms with Crippen LogP contribution in [0.5, 0.6) is 0 Å². The fraction of sp³-hybridized carbons (Fsp3) is 0.455. The van der Waals surface area contributed by atoms with E-state index in [0.29, 0.717) is 0 Å². The maximum absolute atomic E-state index is 11.7. The maximum atomic E-state index is 11.7. The van der Waals surface area contributed by atoms with Crippen molar-refractivity contribution in [1.29, 1.82) is 0 Å². The number of nitrogens with zero attached hydrogens (tertiary/aromatic N) is 2. The second kappa shape index (κ2) is 6.66. The van der Waals surface area contributed by atoms with E-state index in [4.69, 9.17) is 10.8 Å². The Morgan fingerprint density at radius 2 is 2.20 bits per heavy atom. The van der Waals surface area contributed by atoms with E-state index in [9.17, 15) is 14.4 Å². The Hall–Kier alpha value is -2.42. The first-order chi connectivity index (χ1) is 9.36. The van der Waals surface area contributed by atoms with Gasteiger partial charge in [0.2, 0.25) is 5.91 Å². The van der Waals surface area contributed by atoms with Crippen LogP contribution in [-0.4, -0.2) is 45.4 Å². The lowest BCUT2D eigenvalue weighted by atomic mass is 10.1. The average molecular weight is 284 g/mol. The van der Waals surface area contributed by atoms with Gasteiger partial charge in [0.05, 0.1) is 12.8 Å². The van der Waals surface area contributed by atoms with Crippen molar-refractivity contribution in [3.05, 3.63) is 18.0 Å². The molecule has 20 heavy (non-hydrogen) atoms. The first-order valence-corrected chi connectivity index (χ1v) is 5.80. The smallest absolute Gasteiger partial charge is 0.332 e. The van der Waals surface area contributed by atoms with Gasteiger partial charge in [-0.05, 0) is 6.92 Å². The molecule has 1 heterocycles. The molecule has 1 aromatic heterocycles. The molecule has 1 amide bonds. The zero-order chi connectivity index (χ0) is 15.3. The number of aryl methyl sites for hydroxylation is 1. The molecule has 0 bridgehead atoms. The van der Waals surface area contributed by atoms with Crippen LogP contribution in [0.2, 0.25) is 0 Å². The molecule has 0 aliphatic heterocycles. The number of nitrogens with one attached hydrogen (secondary N) is 1. The van der Waals surface area contributed by atoms with Crippen LogP contribution >= 0.6 is 0 Å². The molecule has 0 saturated carbocycles. The SMILES string of the molecule is CCOC(=O)C(N)C(=O)NC(C(=O)O)c1cnn(C)c1. The average Bonchev–Trinajstić information content (AvgIpc) is 2.80. The number of rotatable bonds is 6. The van der Waals surface area contributed by atoms with Crippen LogP contribution in [-0.2, 0) is 26.2 Å². The van der Waals surface area contributed by atoms with Crippen molar-refractivity contribution in [1.82, 2.24) is 15.1 Å². The third kappa shape index (κ3) is 3.79. The maximum Gasteiger partial charge on any atom is 0.332 e. The van der Waals surface area contributed by atoms with Gasteiger partial charge in [-0.15, -0.1) is 0 Å². The number of ether oxygens (including phenoxy) is 1. The molecule has 2 atom stereocenters. The highest BCUT2D eigenvalue weighted by Gasteiger charge is 2.29. The van der Waals surface area contributed by atoms with Crippen molar-refractivity contribution < 1.29 is 24.2 Å². The van der Waals surface area contributed by atoms with E-state index in [1.807, 2.05) is 0 Å². The summed E-state index contributed by atoms with van der Waals surface area (Å²) < 4.78 is 5.98. The highest BCUT2D eigenvalue weighted by atomic mass is 16.5. The first kappa shape index (κ1) is 15.6. The van der Waals surface area contributed by atoms with Gasteiger partial charge in [0.25, 0.3) is 0 Å². The Labute approximate surface area is 114 Å². The number of carboxylic acid groups (broad SMARTS) is 1. The van der Waals surface area contributed by atoms with E-state index in [-0.39, 0.29) is 12.2 Å². The van der Waals surface area contributed by atoms with Gasteiger partial charge in [-0.3, -0.25) is 9.48 Å². The monoisotopic (exact) mass is 284 g/mol. The van der Waals surface area contributed by atoms with Gasteiger partial charge in [0.15, 0.2) is 12.1 Å². The lowest BCUT2D eigenvalue weighted by Gasteiger charge is -2.15. The summed E-state index contributed by atoms with van der Waals surface area (Å²) in [5, 5.41) is 15.1. The number of amides is 1. The summed E-state index contributed by atoms with van der Waals surface area (Å²) in [4.78, 5) is 34.2. The molecule has 0 fully saturated rings. The third-order valence-corrected chi connectivity index (χ3v) is 2.41. The van der Waals surface area contributed by atoms with Gasteiger partial charge in [-0.2, -0.15) is 5.10 Å². The highest BCUT2D eigenvalue weighted by molar-refractivity contribution is 6.02. The number of hydrogen-bond acceptors (Lipinski definition) is 6. The standard InChI is InChI=1S/C11H16N4O5/c1-3-20-11(19)7(12)9(16)14-8(10(17)18)6-4-13-15(2)5-6/h4-5,7-8H,3,12H2,1-2H3,(H,14,16)(H,17,18). The predicted molar refractivity (Wildman–Crippen MR) is 66.3 cm³/mol. The number of carboxylic acids is 1. The molecule has 9 heteroatoms. The number of esters is 1. The molecule has 1 aromatic rings. The Morgan fingerprint density at radius 1 is 1.55 bits per heavy atom. The molecule has 0 saturated heterocycles. The fourth-order valence-electron chi connectivity index (χ4n) is 1.45. The Bertz CT molecular complexity index is 513. The Morgan fingerprint density at radius 3 is 2.65 bits per heavy atom. The molecule has 0 aromatic carbocycles. The van der Waals surface area contributed by atoms with Crippen molar-refractivity contribution in [3.8, 4) is 0 Å². The van der Waals surface area contributed by atoms with Gasteiger partial charge in [0, 0.05) is 18.8 Å². The normalized spacial score (nSPS) is 13.3. The molecule has 110 valence electrons. The van der Waals surface area contributed by atoms with Crippen molar-refractivity contribution in [2.75, 3.05) is 6.61 Å². The number of aromatic nitrogens is 2. The largest absolute Gasteiger partial charge is 0.479 e. The second-order valence-corrected chi connectivity index (χ2v) is 3.96. The summed E-state index contributed by atoms with van der Waals surface area (Å²) in [6.45, 7) is 1.64. The van der Waals surface area contributed by atoms with Crippen LogP contribution in [0.4, 0.5) is 0 Å². The molecule has 4 N–H and O–H groups in total. The van der Waals surface area contributed by atoms with Crippen LogP contribution in [0.3, 0.4) is 0 Å². The quantitative estimate of drug-likeness (QED) is 0.429. The summed E-state index contributed by atoms with van der Waals surface area (Å²) >= 11 is 0. The molecule has 0 aliphatic rings. The summed E-state index contributed by atoms with van der Waals surface area (Å²) in [6.07, 6.45) is 2.74. The molecular formula is C11H16N4O5. The highest BCUT2D eigenvalue weighted by Crippen LogP contribution is 2.12. The molecule has 1 rings (SSSR count). The van der Waals surface area contributed by atoms with E-state index in [1.54, 1.807) is 14.0 Å². The number of carbonyl (C=O) groups excluding carboxylic acids is 2. The molecule has 0 spiro atoms. The van der Waals surface area contributed by atoms with Crippen LogP contribution in [0.1, 0.15) is 18.5 Å². The lowest BCUT2D eigenvalue weighted by Crippen LogP contribution is -2.49. The number of nitrogens with two attached hydrogens (primary N) is 1. The molecular weight excluding hydrogens is 268 g/mol. The van der Waals surface area contributed by atoms with Crippen molar-refractivity contribution in [2.24, 2.45) is 12.8 Å². The zero-order valence-corrected chi connectivity index (χ0v) is 11.1.